The van der Waals surface area contributed by atoms with Gasteiger partial charge >= 0.3 is 0 Å². The van der Waals surface area contributed by atoms with Crippen molar-refractivity contribution in [2.45, 2.75) is 56.4 Å². The van der Waals surface area contributed by atoms with Crippen LogP contribution in [0.3, 0.4) is 0 Å². The zero-order valence-electron chi connectivity index (χ0n) is 18.4. The van der Waals surface area contributed by atoms with Crippen molar-refractivity contribution in [3.8, 4) is 0 Å². The fraction of sp³-hybridized carbons (Fsp3) is 0.440. The summed E-state index contributed by atoms with van der Waals surface area (Å²) in [6.45, 7) is 7.76. The van der Waals surface area contributed by atoms with E-state index in [4.69, 9.17) is 4.74 Å². The van der Waals surface area contributed by atoms with Gasteiger partial charge in [-0.25, -0.2) is 0 Å². The second kappa shape index (κ2) is 9.45. The Hall–Kier alpha value is -2.31. The number of rotatable bonds is 6. The summed E-state index contributed by atoms with van der Waals surface area (Å²) in [7, 11) is 0. The standard InChI is InChI=1S/C25H30N2O3S/c1-16-10-11-17(2)19(13-16)15-27-21-8-4-5-9-22(21)31-23(25(27)29)18(3)24(28)26-14-20-7-6-12-30-20/h4-5,8-11,13,18,20,23H,6-7,12,14-15H2,1-3H3,(H,26,28)/t18-,20+,23+/m1/s1. The van der Waals surface area contributed by atoms with Crippen LogP contribution >= 0.6 is 11.8 Å². The first-order valence-electron chi connectivity index (χ1n) is 11.0. The Morgan fingerprint density at radius 3 is 2.84 bits per heavy atom. The summed E-state index contributed by atoms with van der Waals surface area (Å²) in [5.41, 5.74) is 4.38. The Morgan fingerprint density at radius 1 is 1.26 bits per heavy atom. The van der Waals surface area contributed by atoms with Gasteiger partial charge in [-0.15, -0.1) is 11.8 Å². The molecule has 1 fully saturated rings. The number of nitrogens with one attached hydrogen (secondary N) is 1. The SMILES string of the molecule is Cc1ccc(C)c(CN2C(=O)[C@H]([C@@H](C)C(=O)NC[C@@H]3CCCO3)Sc3ccccc32)c1. The van der Waals surface area contributed by atoms with Crippen LogP contribution in [0.5, 0.6) is 0 Å². The minimum Gasteiger partial charge on any atom is -0.376 e. The molecule has 1 N–H and O–H groups in total. The van der Waals surface area contributed by atoms with Crippen molar-refractivity contribution in [2.75, 3.05) is 18.1 Å². The van der Waals surface area contributed by atoms with E-state index in [1.807, 2.05) is 36.1 Å². The molecule has 4 rings (SSSR count). The van der Waals surface area contributed by atoms with E-state index in [0.717, 1.165) is 41.2 Å². The molecule has 0 bridgehead atoms. The number of fused-ring (bicyclic) bond motifs is 1. The number of hydrogen-bond acceptors (Lipinski definition) is 4. The van der Waals surface area contributed by atoms with Crippen molar-refractivity contribution in [3.05, 3.63) is 59.2 Å². The topological polar surface area (TPSA) is 58.6 Å². The zero-order chi connectivity index (χ0) is 22.0. The maximum absolute atomic E-state index is 13.6. The molecule has 3 atom stereocenters. The molecule has 0 aliphatic carbocycles. The highest BCUT2D eigenvalue weighted by Gasteiger charge is 2.39. The summed E-state index contributed by atoms with van der Waals surface area (Å²) in [5.74, 6) is -0.537. The quantitative estimate of drug-likeness (QED) is 0.733. The Balaban J connectivity index is 1.55. The van der Waals surface area contributed by atoms with Crippen molar-refractivity contribution < 1.29 is 14.3 Å². The van der Waals surface area contributed by atoms with Gasteiger partial charge in [0.25, 0.3) is 0 Å². The summed E-state index contributed by atoms with van der Waals surface area (Å²) in [4.78, 5) is 29.4. The van der Waals surface area contributed by atoms with Crippen LogP contribution in [0.4, 0.5) is 5.69 Å². The number of ether oxygens (including phenoxy) is 1. The Labute approximate surface area is 188 Å². The van der Waals surface area contributed by atoms with E-state index in [0.29, 0.717) is 13.1 Å². The Kier molecular flexibility index (Phi) is 6.68. The molecule has 2 aliphatic rings. The number of carbonyl (C=O) groups excluding carboxylic acids is 2. The normalized spacial score (nSPS) is 21.6. The molecule has 1 saturated heterocycles. The van der Waals surface area contributed by atoms with Crippen molar-refractivity contribution >= 4 is 29.3 Å². The molecule has 2 aromatic carbocycles. The van der Waals surface area contributed by atoms with Crippen LogP contribution in [-0.2, 0) is 20.9 Å². The summed E-state index contributed by atoms with van der Waals surface area (Å²) in [6.07, 6.45) is 2.10. The first-order valence-corrected chi connectivity index (χ1v) is 11.8. The third-order valence-electron chi connectivity index (χ3n) is 6.15. The third-order valence-corrected chi connectivity index (χ3v) is 7.61. The number of thioether (sulfide) groups is 1. The fourth-order valence-electron chi connectivity index (χ4n) is 4.18. The highest BCUT2D eigenvalue weighted by Crippen LogP contribution is 2.42. The number of nitrogens with zero attached hydrogens (tertiary/aromatic N) is 1. The van der Waals surface area contributed by atoms with Crippen LogP contribution in [0.25, 0.3) is 0 Å². The van der Waals surface area contributed by atoms with Crippen LogP contribution in [0.2, 0.25) is 0 Å². The molecule has 5 nitrogen and oxygen atoms in total. The van der Waals surface area contributed by atoms with E-state index in [-0.39, 0.29) is 17.9 Å². The Morgan fingerprint density at radius 2 is 2.06 bits per heavy atom. The van der Waals surface area contributed by atoms with Gasteiger partial charge < -0.3 is 15.0 Å². The highest BCUT2D eigenvalue weighted by molar-refractivity contribution is 8.01. The summed E-state index contributed by atoms with van der Waals surface area (Å²) >= 11 is 1.50. The summed E-state index contributed by atoms with van der Waals surface area (Å²) in [5, 5.41) is 2.55. The van der Waals surface area contributed by atoms with Crippen molar-refractivity contribution in [2.24, 2.45) is 5.92 Å². The number of aryl methyl sites for hydroxylation is 2. The van der Waals surface area contributed by atoms with Crippen LogP contribution < -0.4 is 10.2 Å². The van der Waals surface area contributed by atoms with Gasteiger partial charge in [-0.2, -0.15) is 0 Å². The lowest BCUT2D eigenvalue weighted by atomic mass is 10.0. The van der Waals surface area contributed by atoms with Crippen molar-refractivity contribution in [3.63, 3.8) is 0 Å². The molecule has 0 spiro atoms. The van der Waals surface area contributed by atoms with E-state index in [1.165, 1.54) is 17.3 Å². The second-order valence-corrected chi connectivity index (χ2v) is 9.71. The lowest BCUT2D eigenvalue weighted by molar-refractivity contribution is -0.128. The predicted octanol–water partition coefficient (Wildman–Crippen LogP) is 4.24. The molecule has 2 amide bonds. The number of amides is 2. The minimum atomic E-state index is -0.454. The monoisotopic (exact) mass is 438 g/mol. The lowest BCUT2D eigenvalue weighted by Gasteiger charge is -2.36. The highest BCUT2D eigenvalue weighted by atomic mass is 32.2. The summed E-state index contributed by atoms with van der Waals surface area (Å²) < 4.78 is 5.61. The van der Waals surface area contributed by atoms with E-state index in [2.05, 4.69) is 37.4 Å². The van der Waals surface area contributed by atoms with Gasteiger partial charge in [-0.1, -0.05) is 42.8 Å². The fourth-order valence-corrected chi connectivity index (χ4v) is 5.46. The molecule has 2 heterocycles. The van der Waals surface area contributed by atoms with Crippen molar-refractivity contribution in [1.82, 2.24) is 5.32 Å². The number of benzene rings is 2. The molecule has 2 aliphatic heterocycles. The number of para-hydroxylation sites is 1. The number of carbonyl (C=O) groups is 2. The first kappa shape index (κ1) is 21.9. The van der Waals surface area contributed by atoms with Gasteiger partial charge in [0.1, 0.15) is 5.25 Å². The van der Waals surface area contributed by atoms with E-state index < -0.39 is 11.2 Å². The minimum absolute atomic E-state index is 0.00984. The van der Waals surface area contributed by atoms with E-state index in [9.17, 15) is 9.59 Å². The maximum Gasteiger partial charge on any atom is 0.241 e. The van der Waals surface area contributed by atoms with Crippen molar-refractivity contribution in [1.29, 1.82) is 0 Å². The molecule has 0 unspecified atom stereocenters. The first-order chi connectivity index (χ1) is 14.9. The predicted molar refractivity (Wildman–Crippen MR) is 124 cm³/mol. The molecular formula is C25H30N2O3S. The zero-order valence-corrected chi connectivity index (χ0v) is 19.2. The molecule has 2 aromatic rings. The number of anilines is 1. The largest absolute Gasteiger partial charge is 0.376 e. The summed E-state index contributed by atoms with van der Waals surface area (Å²) in [6, 6.07) is 14.3. The molecular weight excluding hydrogens is 408 g/mol. The van der Waals surface area contributed by atoms with Gasteiger partial charge in [-0.05, 0) is 49.9 Å². The van der Waals surface area contributed by atoms with E-state index in [1.54, 1.807) is 0 Å². The lowest BCUT2D eigenvalue weighted by Crippen LogP contribution is -2.48. The molecule has 6 heteroatoms. The van der Waals surface area contributed by atoms with Crippen LogP contribution in [0.15, 0.2) is 47.4 Å². The van der Waals surface area contributed by atoms with Crippen LogP contribution in [0.1, 0.15) is 36.5 Å². The molecule has 0 saturated carbocycles. The molecule has 31 heavy (non-hydrogen) atoms. The van der Waals surface area contributed by atoms with Gasteiger partial charge in [-0.3, -0.25) is 9.59 Å². The second-order valence-electron chi connectivity index (χ2n) is 8.53. The smallest absolute Gasteiger partial charge is 0.241 e. The molecule has 0 aromatic heterocycles. The molecule has 0 radical (unpaired) electrons. The van der Waals surface area contributed by atoms with E-state index >= 15 is 0 Å². The van der Waals surface area contributed by atoms with Gasteiger partial charge in [0.05, 0.1) is 24.3 Å². The number of hydrogen-bond donors (Lipinski definition) is 1. The Bertz CT molecular complexity index is 971. The third kappa shape index (κ3) is 4.80. The maximum atomic E-state index is 13.6. The van der Waals surface area contributed by atoms with Gasteiger partial charge in [0.15, 0.2) is 0 Å². The molecule has 164 valence electrons. The van der Waals surface area contributed by atoms with Gasteiger partial charge in [0.2, 0.25) is 11.8 Å². The van der Waals surface area contributed by atoms with Crippen LogP contribution in [0, 0.1) is 19.8 Å². The van der Waals surface area contributed by atoms with Crippen LogP contribution in [-0.4, -0.2) is 36.3 Å². The van der Waals surface area contributed by atoms with Gasteiger partial charge in [0, 0.05) is 18.0 Å². The average molecular weight is 439 g/mol. The average Bonchev–Trinajstić information content (AvgIpc) is 3.29.